The highest BCUT2D eigenvalue weighted by molar-refractivity contribution is 6.10. The molecule has 0 bridgehead atoms. The number of benzene rings is 10. The monoisotopic (exact) mass is 844 g/mol. The highest BCUT2D eigenvalue weighted by atomic mass is 16.6. The quantitative estimate of drug-likeness (QED) is 0.177. The fourth-order valence-corrected chi connectivity index (χ4v) is 11.6. The summed E-state index contributed by atoms with van der Waals surface area (Å²) < 4.78 is 23.3. The predicted octanol–water partition coefficient (Wildman–Crippen LogP) is 16.4. The third kappa shape index (κ3) is 4.63. The molecule has 0 unspecified atom stereocenters. The molecule has 10 aromatic carbocycles. The van der Waals surface area contributed by atoms with E-state index in [9.17, 15) is 0 Å². The molecule has 0 fully saturated rings. The summed E-state index contributed by atoms with van der Waals surface area (Å²) in [4.78, 5) is 2.27. The molecule has 12 aromatic rings. The minimum Gasteiger partial charge on any atom is -0.456 e. The number of hydrogen-bond donors (Lipinski definition) is 0. The fraction of sp³-hybridized carbons (Fsp3) is 0.0164. The van der Waals surface area contributed by atoms with Crippen LogP contribution in [-0.4, -0.2) is 4.57 Å². The van der Waals surface area contributed by atoms with Crippen LogP contribution in [0.5, 0.6) is 23.0 Å². The Morgan fingerprint density at radius 3 is 1.71 bits per heavy atom. The summed E-state index contributed by atoms with van der Waals surface area (Å²) in [6.07, 6.45) is 0. The third-order valence-electron chi connectivity index (χ3n) is 14.2. The van der Waals surface area contributed by atoms with E-state index in [1.165, 1.54) is 44.2 Å². The van der Waals surface area contributed by atoms with Crippen LogP contribution in [0.1, 0.15) is 22.3 Å². The van der Waals surface area contributed by atoms with Crippen LogP contribution in [-0.2, 0) is 5.41 Å². The summed E-state index contributed by atoms with van der Waals surface area (Å²) in [6.45, 7) is 0. The Morgan fingerprint density at radius 1 is 0.379 bits per heavy atom. The summed E-state index contributed by atoms with van der Waals surface area (Å²) in [5, 5.41) is 4.59. The molecular weight excluding hydrogens is 809 g/mol. The van der Waals surface area contributed by atoms with Gasteiger partial charge in [-0.25, -0.2) is 0 Å². The van der Waals surface area contributed by atoms with Crippen molar-refractivity contribution in [3.05, 3.63) is 241 Å². The summed E-state index contributed by atoms with van der Waals surface area (Å²) in [7, 11) is 0. The largest absolute Gasteiger partial charge is 0.456 e. The molecule has 0 radical (unpaired) electrons. The van der Waals surface area contributed by atoms with Gasteiger partial charge in [0.2, 0.25) is 0 Å². The molecule has 1 spiro atoms. The van der Waals surface area contributed by atoms with Gasteiger partial charge in [-0.05, 0) is 106 Å². The molecule has 15 rings (SSSR count). The highest BCUT2D eigenvalue weighted by Gasteiger charge is 2.53. The minimum absolute atomic E-state index is 0.493. The number of ether oxygens (including phenoxy) is 2. The second kappa shape index (κ2) is 13.1. The van der Waals surface area contributed by atoms with Gasteiger partial charge in [0.1, 0.15) is 11.2 Å². The van der Waals surface area contributed by atoms with E-state index >= 15 is 0 Å². The molecule has 0 saturated heterocycles. The van der Waals surface area contributed by atoms with Crippen molar-refractivity contribution in [1.29, 1.82) is 0 Å². The summed E-state index contributed by atoms with van der Waals surface area (Å²) in [6, 6.07) is 77.9. The molecule has 2 aromatic heterocycles. The first-order chi connectivity index (χ1) is 32.7. The topological polar surface area (TPSA) is 39.8 Å². The maximum atomic E-state index is 7.23. The fourth-order valence-electron chi connectivity index (χ4n) is 11.6. The molecule has 1 aliphatic heterocycles. The second-order valence-electron chi connectivity index (χ2n) is 17.5. The zero-order valence-electron chi connectivity index (χ0n) is 35.4. The Balaban J connectivity index is 0.926. The van der Waals surface area contributed by atoms with E-state index in [2.05, 4.69) is 210 Å². The lowest BCUT2D eigenvalue weighted by Crippen LogP contribution is -2.25. The summed E-state index contributed by atoms with van der Waals surface area (Å²) in [5.74, 6) is 2.68. The van der Waals surface area contributed by atoms with Crippen molar-refractivity contribution < 1.29 is 13.9 Å². The van der Waals surface area contributed by atoms with Gasteiger partial charge in [-0.3, -0.25) is 0 Å². The van der Waals surface area contributed by atoms with Crippen molar-refractivity contribution in [3.63, 3.8) is 0 Å². The van der Waals surface area contributed by atoms with Gasteiger partial charge in [-0.15, -0.1) is 0 Å². The number of anilines is 3. The van der Waals surface area contributed by atoms with Gasteiger partial charge in [0.25, 0.3) is 0 Å². The van der Waals surface area contributed by atoms with Crippen LogP contribution in [0.4, 0.5) is 17.1 Å². The maximum Gasteiger partial charge on any atom is 0.194 e. The molecule has 2 aliphatic carbocycles. The first kappa shape index (κ1) is 35.6. The first-order valence-corrected chi connectivity index (χ1v) is 22.5. The smallest absolute Gasteiger partial charge is 0.194 e. The zero-order chi connectivity index (χ0) is 43.1. The molecule has 3 heterocycles. The van der Waals surface area contributed by atoms with Crippen molar-refractivity contribution in [2.24, 2.45) is 0 Å². The van der Waals surface area contributed by atoms with Crippen molar-refractivity contribution >= 4 is 60.8 Å². The molecule has 0 saturated carbocycles. The maximum absolute atomic E-state index is 7.23. The van der Waals surface area contributed by atoms with Gasteiger partial charge < -0.3 is 23.4 Å². The van der Waals surface area contributed by atoms with Crippen LogP contribution in [0.2, 0.25) is 0 Å². The van der Waals surface area contributed by atoms with E-state index in [0.717, 1.165) is 72.6 Å². The Hall–Kier alpha value is -8.80. The van der Waals surface area contributed by atoms with Gasteiger partial charge >= 0.3 is 0 Å². The molecule has 5 nitrogen and oxygen atoms in total. The van der Waals surface area contributed by atoms with Crippen molar-refractivity contribution in [2.45, 2.75) is 5.41 Å². The minimum atomic E-state index is -0.493. The second-order valence-corrected chi connectivity index (χ2v) is 17.5. The molecule has 0 amide bonds. The lowest BCUT2D eigenvalue weighted by atomic mass is 9.70. The van der Waals surface area contributed by atoms with E-state index < -0.39 is 5.41 Å². The molecule has 0 N–H and O–H groups in total. The zero-order valence-corrected chi connectivity index (χ0v) is 35.4. The van der Waals surface area contributed by atoms with Crippen molar-refractivity contribution in [2.75, 3.05) is 4.90 Å². The average molecular weight is 845 g/mol. The summed E-state index contributed by atoms with van der Waals surface area (Å²) >= 11 is 0. The van der Waals surface area contributed by atoms with E-state index in [0.29, 0.717) is 17.2 Å². The number of para-hydroxylation sites is 4. The normalized spacial score (nSPS) is 13.5. The number of fused-ring (bicyclic) bond motifs is 19. The Morgan fingerprint density at radius 2 is 0.955 bits per heavy atom. The molecule has 5 heteroatoms. The number of furan rings is 1. The lowest BCUT2D eigenvalue weighted by Gasteiger charge is -2.32. The van der Waals surface area contributed by atoms with Crippen LogP contribution >= 0.6 is 0 Å². The first-order valence-electron chi connectivity index (χ1n) is 22.5. The van der Waals surface area contributed by atoms with Crippen molar-refractivity contribution in [3.8, 4) is 50.9 Å². The predicted molar refractivity (Wildman–Crippen MR) is 266 cm³/mol. The third-order valence-corrected chi connectivity index (χ3v) is 14.2. The molecular formula is C61H36N2O3. The Bertz CT molecular complexity index is 3940. The van der Waals surface area contributed by atoms with E-state index in [1.54, 1.807) is 0 Å². The molecule has 3 aliphatic rings. The van der Waals surface area contributed by atoms with Gasteiger partial charge in [0.15, 0.2) is 23.0 Å². The van der Waals surface area contributed by atoms with E-state index in [-0.39, 0.29) is 0 Å². The van der Waals surface area contributed by atoms with E-state index in [1.807, 2.05) is 18.2 Å². The van der Waals surface area contributed by atoms with Crippen LogP contribution in [0.3, 0.4) is 0 Å². The van der Waals surface area contributed by atoms with Crippen LogP contribution in [0.25, 0.3) is 71.7 Å². The highest BCUT2D eigenvalue weighted by Crippen LogP contribution is 2.67. The molecule has 0 atom stereocenters. The lowest BCUT2D eigenvalue weighted by molar-refractivity contribution is 0.361. The van der Waals surface area contributed by atoms with Gasteiger partial charge in [-0.2, -0.15) is 0 Å². The Labute approximate surface area is 379 Å². The van der Waals surface area contributed by atoms with Gasteiger partial charge in [0.05, 0.1) is 27.8 Å². The average Bonchev–Trinajstić information content (AvgIpc) is 4.10. The SMILES string of the molecule is c1cc(N(c2ccc3c(c2)oc2ccccc23)c2cccc3c2Oc2ccc4c(c2O3)-c2ccccc2C42c3ccccc3-c3ccccc32)cc(-n2c3ccccc3c3ccccc32)c1. The van der Waals surface area contributed by atoms with Crippen LogP contribution < -0.4 is 14.4 Å². The van der Waals surface area contributed by atoms with Crippen LogP contribution in [0, 0.1) is 0 Å². The summed E-state index contributed by atoms with van der Waals surface area (Å²) in [5.41, 5.74) is 17.0. The van der Waals surface area contributed by atoms with Crippen LogP contribution in [0.15, 0.2) is 223 Å². The van der Waals surface area contributed by atoms with Gasteiger partial charge in [-0.1, -0.05) is 146 Å². The number of aromatic nitrogens is 1. The number of hydrogen-bond acceptors (Lipinski definition) is 4. The van der Waals surface area contributed by atoms with Gasteiger partial charge in [0, 0.05) is 44.5 Å². The number of nitrogens with zero attached hydrogens (tertiary/aromatic N) is 2. The Kier molecular flexibility index (Phi) is 7.09. The van der Waals surface area contributed by atoms with Crippen molar-refractivity contribution in [1.82, 2.24) is 4.57 Å². The molecule has 66 heavy (non-hydrogen) atoms. The number of rotatable bonds is 4. The van der Waals surface area contributed by atoms with E-state index in [4.69, 9.17) is 13.9 Å². The standard InChI is InChI=1S/C61H36N2O3/c1-7-23-47-40(17-1)41-18-2-8-24-48(41)61(47)49-25-9-3-22-46(49)58-50(61)33-34-56-60(58)66-55-30-14-28-53(59(55)65-56)62(39-31-32-45-44-21-6-12-29-54(44)64-57(45)36-39)37-15-13-16-38(35-37)63-51-26-10-4-19-42(51)43-20-5-11-27-52(43)63/h1-36H. The molecule has 308 valence electrons.